The summed E-state index contributed by atoms with van der Waals surface area (Å²) >= 11 is 0.801. The number of para-hydroxylation sites is 1. The molecule has 31 heavy (non-hydrogen) atoms. The highest BCUT2D eigenvalue weighted by molar-refractivity contribution is 8.18. The van der Waals surface area contributed by atoms with Crippen LogP contribution in [0.25, 0.3) is 6.08 Å². The van der Waals surface area contributed by atoms with Crippen LogP contribution in [0.2, 0.25) is 0 Å². The third kappa shape index (κ3) is 5.46. The zero-order valence-electron chi connectivity index (χ0n) is 17.6. The van der Waals surface area contributed by atoms with E-state index in [0.29, 0.717) is 36.0 Å². The number of rotatable bonds is 8. The third-order valence-corrected chi connectivity index (χ3v) is 5.38. The lowest BCUT2D eigenvalue weighted by Gasteiger charge is -2.13. The predicted molar refractivity (Wildman–Crippen MR) is 121 cm³/mol. The number of carbonyl (C=O) groups is 3. The van der Waals surface area contributed by atoms with Crippen LogP contribution >= 0.6 is 11.8 Å². The first-order valence-electron chi connectivity index (χ1n) is 9.93. The van der Waals surface area contributed by atoms with Crippen molar-refractivity contribution in [2.45, 2.75) is 20.8 Å². The second-order valence-electron chi connectivity index (χ2n) is 6.70. The van der Waals surface area contributed by atoms with Gasteiger partial charge in [-0.25, -0.2) is 0 Å². The van der Waals surface area contributed by atoms with Crippen LogP contribution in [-0.2, 0) is 9.59 Å². The first kappa shape index (κ1) is 22.4. The van der Waals surface area contributed by atoms with E-state index in [-0.39, 0.29) is 11.4 Å². The molecule has 1 heterocycles. The van der Waals surface area contributed by atoms with Crippen molar-refractivity contribution in [2.75, 3.05) is 25.1 Å². The van der Waals surface area contributed by atoms with Gasteiger partial charge in [0.05, 0.1) is 18.1 Å². The van der Waals surface area contributed by atoms with Gasteiger partial charge in [0.15, 0.2) is 0 Å². The van der Waals surface area contributed by atoms with E-state index in [1.54, 1.807) is 36.4 Å². The summed E-state index contributed by atoms with van der Waals surface area (Å²) in [4.78, 5) is 38.7. The van der Waals surface area contributed by atoms with Crippen LogP contribution in [0.5, 0.6) is 11.5 Å². The standard InChI is InChI=1S/C23H24N2O5S/c1-4-29-17-11-10-16(19(13-17)30-5-2)12-20-22(27)25(23(28)31-20)14-21(26)24-18-9-7-6-8-15(18)3/h6-13H,4-5,14H2,1-3H3,(H,24,26)/b20-12+. The maximum atomic E-state index is 12.8. The number of carbonyl (C=O) groups excluding carboxylic acids is 3. The number of anilines is 1. The molecule has 0 bridgehead atoms. The quantitative estimate of drug-likeness (QED) is 0.610. The number of amides is 3. The van der Waals surface area contributed by atoms with Crippen molar-refractivity contribution in [3.05, 3.63) is 58.5 Å². The number of ether oxygens (including phenoxy) is 2. The van der Waals surface area contributed by atoms with Gasteiger partial charge in [-0.05, 0) is 62.4 Å². The van der Waals surface area contributed by atoms with Crippen LogP contribution in [0, 0.1) is 6.92 Å². The fourth-order valence-corrected chi connectivity index (χ4v) is 3.82. The summed E-state index contributed by atoms with van der Waals surface area (Å²) in [6, 6.07) is 12.6. The molecule has 1 saturated heterocycles. The normalized spacial score (nSPS) is 14.8. The van der Waals surface area contributed by atoms with Crippen molar-refractivity contribution in [1.82, 2.24) is 4.90 Å². The Morgan fingerprint density at radius 2 is 1.84 bits per heavy atom. The lowest BCUT2D eigenvalue weighted by atomic mass is 10.1. The fourth-order valence-electron chi connectivity index (χ4n) is 2.99. The Hall–Kier alpha value is -3.26. The monoisotopic (exact) mass is 440 g/mol. The van der Waals surface area contributed by atoms with Gasteiger partial charge in [-0.15, -0.1) is 0 Å². The van der Waals surface area contributed by atoms with Gasteiger partial charge in [0.1, 0.15) is 18.0 Å². The molecule has 0 aromatic heterocycles. The summed E-state index contributed by atoms with van der Waals surface area (Å²) in [6.07, 6.45) is 1.60. The topological polar surface area (TPSA) is 84.9 Å². The van der Waals surface area contributed by atoms with Gasteiger partial charge in [0, 0.05) is 17.3 Å². The lowest BCUT2D eigenvalue weighted by Crippen LogP contribution is -2.36. The number of nitrogens with one attached hydrogen (secondary N) is 1. The first-order chi connectivity index (χ1) is 14.9. The number of nitrogens with zero attached hydrogens (tertiary/aromatic N) is 1. The van der Waals surface area contributed by atoms with E-state index in [2.05, 4.69) is 5.32 Å². The highest BCUT2D eigenvalue weighted by atomic mass is 32.2. The summed E-state index contributed by atoms with van der Waals surface area (Å²) in [5, 5.41) is 2.25. The average Bonchev–Trinajstić information content (AvgIpc) is 2.99. The molecule has 1 N–H and O–H groups in total. The molecule has 1 fully saturated rings. The van der Waals surface area contributed by atoms with Crippen LogP contribution in [0.3, 0.4) is 0 Å². The molecule has 0 atom stereocenters. The highest BCUT2D eigenvalue weighted by Gasteiger charge is 2.36. The zero-order chi connectivity index (χ0) is 22.4. The van der Waals surface area contributed by atoms with Crippen LogP contribution in [0.15, 0.2) is 47.4 Å². The molecule has 2 aromatic rings. The lowest BCUT2D eigenvalue weighted by molar-refractivity contribution is -0.127. The minimum atomic E-state index is -0.508. The van der Waals surface area contributed by atoms with Gasteiger partial charge in [0.25, 0.3) is 11.1 Å². The van der Waals surface area contributed by atoms with Gasteiger partial charge in [-0.1, -0.05) is 18.2 Å². The molecule has 162 valence electrons. The summed E-state index contributed by atoms with van der Waals surface area (Å²) < 4.78 is 11.2. The van der Waals surface area contributed by atoms with E-state index in [4.69, 9.17) is 9.47 Å². The van der Waals surface area contributed by atoms with E-state index in [1.165, 1.54) is 0 Å². The SMILES string of the molecule is CCOc1ccc(/C=C2/SC(=O)N(CC(=O)Nc3ccccc3C)C2=O)c(OCC)c1. The van der Waals surface area contributed by atoms with Crippen LogP contribution < -0.4 is 14.8 Å². The average molecular weight is 441 g/mol. The maximum Gasteiger partial charge on any atom is 0.294 e. The van der Waals surface area contributed by atoms with Crippen molar-refractivity contribution in [3.8, 4) is 11.5 Å². The van der Waals surface area contributed by atoms with Crippen molar-refractivity contribution < 1.29 is 23.9 Å². The second kappa shape index (κ2) is 10.2. The molecule has 0 aliphatic carbocycles. The maximum absolute atomic E-state index is 12.8. The number of hydrogen-bond donors (Lipinski definition) is 1. The summed E-state index contributed by atoms with van der Waals surface area (Å²) in [7, 11) is 0. The van der Waals surface area contributed by atoms with Crippen LogP contribution in [0.4, 0.5) is 10.5 Å². The predicted octanol–water partition coefficient (Wildman–Crippen LogP) is 4.47. The van der Waals surface area contributed by atoms with Crippen LogP contribution in [0.1, 0.15) is 25.0 Å². The minimum absolute atomic E-state index is 0.235. The smallest absolute Gasteiger partial charge is 0.294 e. The van der Waals surface area contributed by atoms with Crippen molar-refractivity contribution in [1.29, 1.82) is 0 Å². The Morgan fingerprint density at radius 1 is 1.10 bits per heavy atom. The largest absolute Gasteiger partial charge is 0.494 e. The van der Waals surface area contributed by atoms with Crippen LogP contribution in [-0.4, -0.2) is 41.7 Å². The number of hydrogen-bond acceptors (Lipinski definition) is 6. The summed E-state index contributed by atoms with van der Waals surface area (Å²) in [5.74, 6) is 0.266. The Labute approximate surface area is 185 Å². The molecule has 0 saturated carbocycles. The van der Waals surface area contributed by atoms with Gasteiger partial charge >= 0.3 is 0 Å². The molecule has 7 nitrogen and oxygen atoms in total. The molecule has 1 aliphatic heterocycles. The Balaban J connectivity index is 1.76. The minimum Gasteiger partial charge on any atom is -0.494 e. The summed E-state index contributed by atoms with van der Waals surface area (Å²) in [6.45, 7) is 6.23. The van der Waals surface area contributed by atoms with Crippen molar-refractivity contribution >= 4 is 40.6 Å². The van der Waals surface area contributed by atoms with Gasteiger partial charge in [-0.3, -0.25) is 19.3 Å². The molecule has 0 radical (unpaired) electrons. The molecule has 2 aromatic carbocycles. The van der Waals surface area contributed by atoms with E-state index in [1.807, 2.05) is 32.9 Å². The number of benzene rings is 2. The van der Waals surface area contributed by atoms with Gasteiger partial charge in [0.2, 0.25) is 5.91 Å². The first-order valence-corrected chi connectivity index (χ1v) is 10.7. The molecule has 3 amide bonds. The van der Waals surface area contributed by atoms with E-state index in [9.17, 15) is 14.4 Å². The van der Waals surface area contributed by atoms with E-state index >= 15 is 0 Å². The summed E-state index contributed by atoms with van der Waals surface area (Å²) in [5.41, 5.74) is 2.19. The molecule has 8 heteroatoms. The number of imide groups is 1. The second-order valence-corrected chi connectivity index (χ2v) is 7.69. The Kier molecular flexibility index (Phi) is 7.36. The molecule has 0 spiro atoms. The molecule has 3 rings (SSSR count). The third-order valence-electron chi connectivity index (χ3n) is 4.48. The fraction of sp³-hybridized carbons (Fsp3) is 0.261. The molecule has 1 aliphatic rings. The van der Waals surface area contributed by atoms with Crippen molar-refractivity contribution in [3.63, 3.8) is 0 Å². The van der Waals surface area contributed by atoms with Gasteiger partial charge < -0.3 is 14.8 Å². The Bertz CT molecular complexity index is 1030. The Morgan fingerprint density at radius 3 is 2.55 bits per heavy atom. The van der Waals surface area contributed by atoms with Crippen molar-refractivity contribution in [2.24, 2.45) is 0 Å². The van der Waals surface area contributed by atoms with E-state index in [0.717, 1.165) is 22.2 Å². The zero-order valence-corrected chi connectivity index (χ0v) is 18.5. The highest BCUT2D eigenvalue weighted by Crippen LogP contribution is 2.35. The van der Waals surface area contributed by atoms with Gasteiger partial charge in [-0.2, -0.15) is 0 Å². The van der Waals surface area contributed by atoms with E-state index < -0.39 is 17.1 Å². The molecule has 0 unspecified atom stereocenters. The molecular formula is C23H24N2O5S. The number of aryl methyl sites for hydroxylation is 1. The molecular weight excluding hydrogens is 416 g/mol. The number of thioether (sulfide) groups is 1.